The molecule has 0 aromatic carbocycles. The van der Waals surface area contributed by atoms with E-state index in [1.165, 1.54) is 6.20 Å². The Bertz CT molecular complexity index is 410. The van der Waals surface area contributed by atoms with Crippen molar-refractivity contribution in [1.82, 2.24) is 25.6 Å². The summed E-state index contributed by atoms with van der Waals surface area (Å²) in [5.74, 6) is 0.782. The van der Waals surface area contributed by atoms with Crippen LogP contribution in [0.5, 0.6) is 0 Å². The van der Waals surface area contributed by atoms with E-state index in [4.69, 9.17) is 4.52 Å². The third-order valence-corrected chi connectivity index (χ3v) is 1.99. The highest BCUT2D eigenvalue weighted by molar-refractivity contribution is 5.44. The third kappa shape index (κ3) is 2.18. The van der Waals surface area contributed by atoms with Crippen molar-refractivity contribution >= 4 is 0 Å². The molecule has 0 radical (unpaired) electrons. The van der Waals surface area contributed by atoms with Gasteiger partial charge in [-0.25, -0.2) is 0 Å². The van der Waals surface area contributed by atoms with Gasteiger partial charge in [0.15, 0.2) is 5.69 Å². The van der Waals surface area contributed by atoms with E-state index in [9.17, 15) is 5.11 Å². The van der Waals surface area contributed by atoms with Gasteiger partial charge in [-0.2, -0.15) is 20.4 Å². The largest absolute Gasteiger partial charge is 0.393 e. The number of hydrogen-bond acceptors (Lipinski definition) is 6. The highest BCUT2D eigenvalue weighted by atomic mass is 16.5. The molecule has 2 heterocycles. The predicted molar refractivity (Wildman–Crippen MR) is 49.7 cm³/mol. The Morgan fingerprint density at radius 1 is 1.60 bits per heavy atom. The number of hydrogen-bond donors (Lipinski definition) is 2. The van der Waals surface area contributed by atoms with Gasteiger partial charge in [0.1, 0.15) is 0 Å². The quantitative estimate of drug-likeness (QED) is 0.744. The van der Waals surface area contributed by atoms with E-state index in [1.807, 2.05) is 6.92 Å². The van der Waals surface area contributed by atoms with Crippen LogP contribution in [-0.2, 0) is 6.42 Å². The summed E-state index contributed by atoms with van der Waals surface area (Å²) >= 11 is 0. The van der Waals surface area contributed by atoms with Gasteiger partial charge in [0.05, 0.1) is 18.7 Å². The van der Waals surface area contributed by atoms with Gasteiger partial charge < -0.3 is 9.63 Å². The molecule has 1 atom stereocenters. The fourth-order valence-corrected chi connectivity index (χ4v) is 1.10. The standard InChI is InChI=1S/C8H11N5O2/c1-2-5(14)3-7-10-8(12-15-7)6-4-9-13-11-6/h4-5,14H,2-3H2,1H3,(H,9,11,13). The molecule has 0 fully saturated rings. The molecule has 0 bridgehead atoms. The number of aliphatic hydroxyl groups is 1. The zero-order chi connectivity index (χ0) is 10.7. The summed E-state index contributed by atoms with van der Waals surface area (Å²) in [6.07, 6.45) is 2.07. The Hall–Kier alpha value is -1.76. The van der Waals surface area contributed by atoms with Gasteiger partial charge in [0.2, 0.25) is 11.7 Å². The summed E-state index contributed by atoms with van der Waals surface area (Å²) < 4.78 is 4.96. The van der Waals surface area contributed by atoms with Crippen molar-refractivity contribution in [2.24, 2.45) is 0 Å². The minimum Gasteiger partial charge on any atom is -0.393 e. The van der Waals surface area contributed by atoms with E-state index < -0.39 is 6.10 Å². The van der Waals surface area contributed by atoms with Crippen molar-refractivity contribution in [2.45, 2.75) is 25.9 Å². The molecule has 0 aliphatic rings. The number of rotatable bonds is 4. The molecule has 0 aliphatic heterocycles. The van der Waals surface area contributed by atoms with E-state index in [-0.39, 0.29) is 0 Å². The number of aromatic amines is 1. The Balaban J connectivity index is 2.11. The minimum absolute atomic E-state index is 0.362. The lowest BCUT2D eigenvalue weighted by atomic mass is 10.2. The summed E-state index contributed by atoms with van der Waals surface area (Å²) in [5.41, 5.74) is 0.524. The second-order valence-corrected chi connectivity index (χ2v) is 3.13. The molecular weight excluding hydrogens is 198 g/mol. The van der Waals surface area contributed by atoms with E-state index in [2.05, 4.69) is 25.6 Å². The van der Waals surface area contributed by atoms with Gasteiger partial charge in [-0.15, -0.1) is 0 Å². The Kier molecular flexibility index (Phi) is 2.72. The van der Waals surface area contributed by atoms with Gasteiger partial charge in [0.25, 0.3) is 0 Å². The number of aromatic nitrogens is 5. The fourth-order valence-electron chi connectivity index (χ4n) is 1.10. The normalized spacial score (nSPS) is 12.9. The van der Waals surface area contributed by atoms with E-state index >= 15 is 0 Å². The summed E-state index contributed by atoms with van der Waals surface area (Å²) in [7, 11) is 0. The first-order valence-electron chi connectivity index (χ1n) is 4.66. The number of nitrogens with one attached hydrogen (secondary N) is 1. The van der Waals surface area contributed by atoms with Crippen LogP contribution >= 0.6 is 0 Å². The predicted octanol–water partition coefficient (Wildman–Crippen LogP) is 0.168. The number of nitrogens with zero attached hydrogens (tertiary/aromatic N) is 4. The highest BCUT2D eigenvalue weighted by Crippen LogP contribution is 2.11. The van der Waals surface area contributed by atoms with Crippen LogP contribution < -0.4 is 0 Å². The molecule has 0 amide bonds. The molecule has 80 valence electrons. The molecular formula is C8H11N5O2. The molecule has 2 aromatic heterocycles. The molecule has 15 heavy (non-hydrogen) atoms. The van der Waals surface area contributed by atoms with E-state index in [0.717, 1.165) is 0 Å². The third-order valence-electron chi connectivity index (χ3n) is 1.99. The summed E-state index contributed by atoms with van der Waals surface area (Å²) in [4.78, 5) is 4.08. The fraction of sp³-hybridized carbons (Fsp3) is 0.500. The molecule has 7 heteroatoms. The topological polar surface area (TPSA) is 101 Å². The van der Waals surface area contributed by atoms with Crippen molar-refractivity contribution in [3.05, 3.63) is 12.1 Å². The summed E-state index contributed by atoms with van der Waals surface area (Å²) in [6, 6.07) is 0. The Morgan fingerprint density at radius 2 is 2.47 bits per heavy atom. The first-order valence-corrected chi connectivity index (χ1v) is 4.66. The van der Waals surface area contributed by atoms with Crippen LogP contribution in [0.1, 0.15) is 19.2 Å². The van der Waals surface area contributed by atoms with Gasteiger partial charge in [-0.3, -0.25) is 0 Å². The van der Waals surface area contributed by atoms with Crippen LogP contribution in [0, 0.1) is 0 Å². The lowest BCUT2D eigenvalue weighted by molar-refractivity contribution is 0.158. The zero-order valence-corrected chi connectivity index (χ0v) is 8.21. The van der Waals surface area contributed by atoms with Crippen molar-refractivity contribution in [3.63, 3.8) is 0 Å². The van der Waals surface area contributed by atoms with Crippen LogP contribution in [0.25, 0.3) is 11.5 Å². The Morgan fingerprint density at radius 3 is 3.13 bits per heavy atom. The highest BCUT2D eigenvalue weighted by Gasteiger charge is 2.13. The zero-order valence-electron chi connectivity index (χ0n) is 8.21. The summed E-state index contributed by atoms with van der Waals surface area (Å²) in [6.45, 7) is 1.89. The van der Waals surface area contributed by atoms with Gasteiger partial charge in [-0.1, -0.05) is 12.1 Å². The minimum atomic E-state index is -0.449. The van der Waals surface area contributed by atoms with Crippen molar-refractivity contribution < 1.29 is 9.63 Å². The average Bonchev–Trinajstić information content (AvgIpc) is 2.85. The summed E-state index contributed by atoms with van der Waals surface area (Å²) in [5, 5.41) is 23.0. The van der Waals surface area contributed by atoms with Crippen LogP contribution in [-0.4, -0.2) is 36.8 Å². The molecule has 2 aromatic rings. The molecule has 0 spiro atoms. The SMILES string of the molecule is CCC(O)Cc1nc(-c2cn[nH]n2)no1. The molecule has 0 saturated carbocycles. The smallest absolute Gasteiger partial charge is 0.229 e. The maximum Gasteiger partial charge on any atom is 0.229 e. The first kappa shape index (κ1) is 9.78. The van der Waals surface area contributed by atoms with Crippen molar-refractivity contribution in [2.75, 3.05) is 0 Å². The lowest BCUT2D eigenvalue weighted by Gasteiger charge is -2.00. The molecule has 1 unspecified atom stereocenters. The maximum atomic E-state index is 9.39. The van der Waals surface area contributed by atoms with Gasteiger partial charge >= 0.3 is 0 Å². The van der Waals surface area contributed by atoms with Crippen molar-refractivity contribution in [1.29, 1.82) is 0 Å². The number of aliphatic hydroxyl groups excluding tert-OH is 1. The molecule has 2 rings (SSSR count). The first-order chi connectivity index (χ1) is 7.29. The van der Waals surface area contributed by atoms with Gasteiger partial charge in [0, 0.05) is 0 Å². The second-order valence-electron chi connectivity index (χ2n) is 3.13. The van der Waals surface area contributed by atoms with Crippen LogP contribution in [0.4, 0.5) is 0 Å². The van der Waals surface area contributed by atoms with E-state index in [1.54, 1.807) is 0 Å². The monoisotopic (exact) mass is 209 g/mol. The maximum absolute atomic E-state index is 9.39. The molecule has 0 saturated heterocycles. The van der Waals surface area contributed by atoms with Crippen LogP contribution in [0.2, 0.25) is 0 Å². The molecule has 2 N–H and O–H groups in total. The van der Waals surface area contributed by atoms with E-state index in [0.29, 0.717) is 30.3 Å². The van der Waals surface area contributed by atoms with Crippen LogP contribution in [0.15, 0.2) is 10.7 Å². The average molecular weight is 209 g/mol. The molecule has 7 nitrogen and oxygen atoms in total. The Labute approximate surface area is 85.5 Å². The second kappa shape index (κ2) is 4.18. The van der Waals surface area contributed by atoms with Gasteiger partial charge in [-0.05, 0) is 6.42 Å². The van der Waals surface area contributed by atoms with Crippen molar-refractivity contribution in [3.8, 4) is 11.5 Å². The number of H-pyrrole nitrogens is 1. The molecule has 0 aliphatic carbocycles. The van der Waals surface area contributed by atoms with Crippen LogP contribution in [0.3, 0.4) is 0 Å². The lowest BCUT2D eigenvalue weighted by Crippen LogP contribution is -2.08.